The Hall–Kier alpha value is -1.84. The van der Waals surface area contributed by atoms with E-state index < -0.39 is 5.60 Å². The molecule has 1 saturated heterocycles. The number of aliphatic hydroxyl groups is 1. The highest BCUT2D eigenvalue weighted by atomic mass is 16.5. The molecular formula is C25H35NO2. The molecule has 0 aliphatic carbocycles. The molecule has 152 valence electrons. The van der Waals surface area contributed by atoms with E-state index in [2.05, 4.69) is 54.3 Å². The first-order chi connectivity index (χ1) is 13.7. The van der Waals surface area contributed by atoms with Gasteiger partial charge < -0.3 is 14.7 Å². The van der Waals surface area contributed by atoms with Gasteiger partial charge in [0.25, 0.3) is 0 Å². The number of benzene rings is 2. The molecule has 0 radical (unpaired) electrons. The lowest BCUT2D eigenvalue weighted by atomic mass is 9.74. The Kier molecular flexibility index (Phi) is 7.52. The zero-order valence-corrected chi connectivity index (χ0v) is 17.4. The van der Waals surface area contributed by atoms with Gasteiger partial charge in [-0.3, -0.25) is 0 Å². The maximum absolute atomic E-state index is 12.1. The average molecular weight is 382 g/mol. The van der Waals surface area contributed by atoms with Crippen LogP contribution >= 0.6 is 0 Å². The monoisotopic (exact) mass is 381 g/mol. The first kappa shape index (κ1) is 20.9. The predicted molar refractivity (Wildman–Crippen MR) is 116 cm³/mol. The second-order valence-corrected chi connectivity index (χ2v) is 7.96. The molecule has 28 heavy (non-hydrogen) atoms. The highest BCUT2D eigenvalue weighted by molar-refractivity contribution is 5.35. The first-order valence-corrected chi connectivity index (χ1v) is 10.9. The van der Waals surface area contributed by atoms with Gasteiger partial charge in [-0.05, 0) is 62.5 Å². The molecule has 0 amide bonds. The number of rotatable bonds is 10. The van der Waals surface area contributed by atoms with Crippen molar-refractivity contribution in [3.8, 4) is 5.75 Å². The third kappa shape index (κ3) is 4.95. The van der Waals surface area contributed by atoms with E-state index in [0.29, 0.717) is 6.61 Å². The molecule has 3 rings (SSSR count). The van der Waals surface area contributed by atoms with E-state index in [1.807, 2.05) is 19.1 Å². The summed E-state index contributed by atoms with van der Waals surface area (Å²) in [4.78, 5) is 2.52. The van der Waals surface area contributed by atoms with Crippen molar-refractivity contribution in [3.05, 3.63) is 65.7 Å². The molecule has 1 fully saturated rings. The van der Waals surface area contributed by atoms with Crippen molar-refractivity contribution in [1.29, 1.82) is 0 Å². The van der Waals surface area contributed by atoms with Gasteiger partial charge in [0.1, 0.15) is 5.75 Å². The fourth-order valence-corrected chi connectivity index (χ4v) is 4.41. The van der Waals surface area contributed by atoms with E-state index in [4.69, 9.17) is 4.74 Å². The van der Waals surface area contributed by atoms with Crippen LogP contribution in [0.4, 0.5) is 0 Å². The summed E-state index contributed by atoms with van der Waals surface area (Å²) < 4.78 is 5.62. The Bertz CT molecular complexity index is 694. The van der Waals surface area contributed by atoms with Crippen LogP contribution in [-0.4, -0.2) is 36.2 Å². The smallest absolute Gasteiger partial charge is 0.119 e. The summed E-state index contributed by atoms with van der Waals surface area (Å²) in [7, 11) is 0. The van der Waals surface area contributed by atoms with Crippen molar-refractivity contribution in [2.45, 2.75) is 57.5 Å². The van der Waals surface area contributed by atoms with Crippen LogP contribution in [0.25, 0.3) is 0 Å². The van der Waals surface area contributed by atoms with E-state index in [1.54, 1.807) is 0 Å². The van der Waals surface area contributed by atoms with Crippen LogP contribution in [0.5, 0.6) is 5.75 Å². The zero-order chi connectivity index (χ0) is 19.8. The maximum atomic E-state index is 12.1. The molecule has 3 heteroatoms. The number of hydrogen-bond acceptors (Lipinski definition) is 3. The van der Waals surface area contributed by atoms with Crippen LogP contribution in [0.3, 0.4) is 0 Å². The fourth-order valence-electron chi connectivity index (χ4n) is 4.41. The van der Waals surface area contributed by atoms with Crippen molar-refractivity contribution in [3.63, 3.8) is 0 Å². The van der Waals surface area contributed by atoms with E-state index in [1.165, 1.54) is 18.4 Å². The van der Waals surface area contributed by atoms with Gasteiger partial charge >= 0.3 is 0 Å². The molecule has 2 atom stereocenters. The van der Waals surface area contributed by atoms with Crippen molar-refractivity contribution >= 4 is 0 Å². The van der Waals surface area contributed by atoms with Gasteiger partial charge in [0, 0.05) is 12.5 Å². The summed E-state index contributed by atoms with van der Waals surface area (Å²) in [5.74, 6) is 0.913. The normalized spacial score (nSPS) is 18.0. The van der Waals surface area contributed by atoms with E-state index in [0.717, 1.165) is 50.2 Å². The van der Waals surface area contributed by atoms with Crippen LogP contribution in [0.15, 0.2) is 54.6 Å². The number of nitrogens with zero attached hydrogens (tertiary/aromatic N) is 1. The van der Waals surface area contributed by atoms with Crippen molar-refractivity contribution in [1.82, 2.24) is 4.90 Å². The van der Waals surface area contributed by atoms with Crippen molar-refractivity contribution in [2.75, 3.05) is 26.2 Å². The first-order valence-electron chi connectivity index (χ1n) is 10.9. The molecule has 1 aliphatic rings. The Morgan fingerprint density at radius 2 is 1.68 bits per heavy atom. The molecule has 1 N–H and O–H groups in total. The van der Waals surface area contributed by atoms with E-state index in [9.17, 15) is 5.11 Å². The third-order valence-electron chi connectivity index (χ3n) is 5.99. The SMILES string of the molecule is CCCC[C@@](O)(c1ccc(OCC)cc1)[C@@H](CN1CCCC1)c1ccccc1. The van der Waals surface area contributed by atoms with Gasteiger partial charge in [0.05, 0.1) is 12.2 Å². The second kappa shape index (κ2) is 10.1. The molecule has 0 bridgehead atoms. The summed E-state index contributed by atoms with van der Waals surface area (Å²) in [6.45, 7) is 8.01. The Morgan fingerprint density at radius 3 is 2.29 bits per heavy atom. The Labute approximate surface area is 170 Å². The highest BCUT2D eigenvalue weighted by Crippen LogP contribution is 2.42. The average Bonchev–Trinajstić information content (AvgIpc) is 3.25. The summed E-state index contributed by atoms with van der Waals surface area (Å²) in [6, 6.07) is 18.7. The lowest BCUT2D eigenvalue weighted by molar-refractivity contribution is -0.0130. The Balaban J connectivity index is 1.97. The van der Waals surface area contributed by atoms with Gasteiger partial charge in [0.15, 0.2) is 0 Å². The number of likely N-dealkylation sites (tertiary alicyclic amines) is 1. The molecule has 3 nitrogen and oxygen atoms in total. The van der Waals surface area contributed by atoms with E-state index in [-0.39, 0.29) is 5.92 Å². The van der Waals surface area contributed by atoms with Crippen LogP contribution < -0.4 is 4.74 Å². The Morgan fingerprint density at radius 1 is 1.00 bits per heavy atom. The van der Waals surface area contributed by atoms with Crippen LogP contribution in [0.1, 0.15) is 63.0 Å². The van der Waals surface area contributed by atoms with Crippen LogP contribution in [0, 0.1) is 0 Å². The minimum atomic E-state index is -0.884. The number of hydrogen-bond donors (Lipinski definition) is 1. The highest BCUT2D eigenvalue weighted by Gasteiger charge is 2.40. The van der Waals surface area contributed by atoms with E-state index >= 15 is 0 Å². The molecule has 2 aromatic carbocycles. The standard InChI is InChI=1S/C25H35NO2/c1-3-5-17-25(27,22-13-15-23(16-14-22)28-4-2)24(20-26-18-9-10-19-26)21-11-7-6-8-12-21/h6-8,11-16,24,27H,3-5,9-10,17-20H2,1-2H3/t24-,25+/m0/s1. The van der Waals surface area contributed by atoms with Crippen LogP contribution in [-0.2, 0) is 5.60 Å². The van der Waals surface area contributed by atoms with Crippen molar-refractivity contribution in [2.24, 2.45) is 0 Å². The molecule has 0 unspecified atom stereocenters. The molecule has 0 spiro atoms. The minimum Gasteiger partial charge on any atom is -0.494 e. The van der Waals surface area contributed by atoms with Crippen LogP contribution in [0.2, 0.25) is 0 Å². The number of ether oxygens (including phenoxy) is 1. The van der Waals surface area contributed by atoms with Gasteiger partial charge in [-0.15, -0.1) is 0 Å². The second-order valence-electron chi connectivity index (χ2n) is 7.96. The van der Waals surface area contributed by atoms with Gasteiger partial charge in [-0.1, -0.05) is 62.2 Å². The summed E-state index contributed by atoms with van der Waals surface area (Å²) in [5, 5.41) is 12.1. The zero-order valence-electron chi connectivity index (χ0n) is 17.4. The fraction of sp³-hybridized carbons (Fsp3) is 0.520. The minimum absolute atomic E-state index is 0.0521. The lowest BCUT2D eigenvalue weighted by Crippen LogP contribution is -2.40. The molecule has 0 aromatic heterocycles. The lowest BCUT2D eigenvalue weighted by Gasteiger charge is -2.39. The molecule has 1 heterocycles. The summed E-state index contributed by atoms with van der Waals surface area (Å²) >= 11 is 0. The molecule has 2 aromatic rings. The number of unbranched alkanes of at least 4 members (excludes halogenated alkanes) is 1. The molecule has 1 aliphatic heterocycles. The molecule has 0 saturated carbocycles. The topological polar surface area (TPSA) is 32.7 Å². The van der Waals surface area contributed by atoms with Gasteiger partial charge in [0.2, 0.25) is 0 Å². The van der Waals surface area contributed by atoms with Crippen molar-refractivity contribution < 1.29 is 9.84 Å². The maximum Gasteiger partial charge on any atom is 0.119 e. The third-order valence-corrected chi connectivity index (χ3v) is 5.99. The predicted octanol–water partition coefficient (Wildman–Crippen LogP) is 5.34. The molecular weight excluding hydrogens is 346 g/mol. The summed E-state index contributed by atoms with van der Waals surface area (Å²) in [6.07, 6.45) is 5.37. The van der Waals surface area contributed by atoms with Gasteiger partial charge in [-0.2, -0.15) is 0 Å². The van der Waals surface area contributed by atoms with Gasteiger partial charge in [-0.25, -0.2) is 0 Å². The quantitative estimate of drug-likeness (QED) is 0.603. The summed E-state index contributed by atoms with van der Waals surface area (Å²) in [5.41, 5.74) is 1.34. The largest absolute Gasteiger partial charge is 0.494 e.